The van der Waals surface area contributed by atoms with Gasteiger partial charge in [0.15, 0.2) is 5.78 Å². The zero-order chi connectivity index (χ0) is 26.1. The van der Waals surface area contributed by atoms with Crippen molar-refractivity contribution in [2.45, 2.75) is 45.6 Å². The number of nitrogens with zero attached hydrogens (tertiary/aromatic N) is 2. The maximum absolute atomic E-state index is 14.0. The predicted molar refractivity (Wildman–Crippen MR) is 132 cm³/mol. The third-order valence-corrected chi connectivity index (χ3v) is 5.41. The molecule has 0 aliphatic rings. The number of rotatable bonds is 13. The van der Waals surface area contributed by atoms with Gasteiger partial charge in [0.2, 0.25) is 5.88 Å². The molecule has 2 N–H and O–H groups in total. The van der Waals surface area contributed by atoms with E-state index in [2.05, 4.69) is 29.4 Å². The number of ketones is 1. The number of hydrogen-bond donors (Lipinski definition) is 2. The number of Topliss-reactive ketones (excluding diaryl/α,β-unsaturated/α-hetero) is 1. The summed E-state index contributed by atoms with van der Waals surface area (Å²) in [6, 6.07) is 13.4. The van der Waals surface area contributed by atoms with Crippen LogP contribution in [0.5, 0.6) is 5.88 Å². The fourth-order valence-electron chi connectivity index (χ4n) is 3.69. The predicted octanol–water partition coefficient (Wildman–Crippen LogP) is 5.77. The van der Waals surface area contributed by atoms with Crippen LogP contribution >= 0.6 is 0 Å². The average molecular weight is 498 g/mol. The van der Waals surface area contributed by atoms with E-state index >= 15 is 0 Å². The number of carbonyl (C=O) groups excluding carboxylic acids is 1. The van der Waals surface area contributed by atoms with E-state index in [1.54, 1.807) is 24.3 Å². The van der Waals surface area contributed by atoms with Crippen LogP contribution in [0, 0.1) is 17.6 Å². The summed E-state index contributed by atoms with van der Waals surface area (Å²) in [4.78, 5) is 22.8. The van der Waals surface area contributed by atoms with Gasteiger partial charge in [0, 0.05) is 41.8 Å². The van der Waals surface area contributed by atoms with E-state index in [0.29, 0.717) is 24.5 Å². The highest BCUT2D eigenvalue weighted by molar-refractivity contribution is 5.96. The van der Waals surface area contributed by atoms with Crippen molar-refractivity contribution in [2.24, 2.45) is 5.92 Å². The summed E-state index contributed by atoms with van der Waals surface area (Å²) < 4.78 is 32.9. The molecule has 190 valence electrons. The number of benzene rings is 2. The van der Waals surface area contributed by atoms with Gasteiger partial charge in [0.05, 0.1) is 11.7 Å². The summed E-state index contributed by atoms with van der Waals surface area (Å²) in [5.74, 6) is -1.72. The first-order valence-corrected chi connectivity index (χ1v) is 11.7. The van der Waals surface area contributed by atoms with Gasteiger partial charge in [-0.3, -0.25) is 9.59 Å². The van der Waals surface area contributed by atoms with Gasteiger partial charge >= 0.3 is 5.97 Å². The Morgan fingerprint density at radius 1 is 1.00 bits per heavy atom. The average Bonchev–Trinajstić information content (AvgIpc) is 2.83. The zero-order valence-electron chi connectivity index (χ0n) is 20.2. The number of carbonyl (C=O) groups is 2. The number of halogens is 2. The van der Waals surface area contributed by atoms with Gasteiger partial charge in [0.1, 0.15) is 18.2 Å². The van der Waals surface area contributed by atoms with Crippen LogP contribution in [0.4, 0.5) is 14.5 Å². The van der Waals surface area contributed by atoms with Crippen LogP contribution in [0.15, 0.2) is 54.6 Å². The Balaban J connectivity index is 1.58. The molecule has 3 aromatic rings. The van der Waals surface area contributed by atoms with Crippen LogP contribution < -0.4 is 10.1 Å². The fourth-order valence-corrected chi connectivity index (χ4v) is 3.69. The first kappa shape index (κ1) is 26.7. The molecule has 9 heteroatoms. The lowest BCUT2D eigenvalue weighted by molar-refractivity contribution is -0.137. The lowest BCUT2D eigenvalue weighted by Crippen LogP contribution is -2.29. The molecule has 1 aromatic heterocycles. The van der Waals surface area contributed by atoms with Gasteiger partial charge in [-0.15, -0.1) is 10.2 Å². The van der Waals surface area contributed by atoms with Crippen molar-refractivity contribution in [3.8, 4) is 17.1 Å². The molecule has 0 saturated heterocycles. The first-order chi connectivity index (χ1) is 17.2. The Morgan fingerprint density at radius 2 is 1.75 bits per heavy atom. The molecular formula is C27H29F2N3O4. The SMILES string of the molecule is CC(C)C[C@@H](COc1ccc(-c2ccc(F)cc2F)nn1)Nc1ccc(C(=O)CCCC(=O)O)cc1. The molecule has 0 aliphatic heterocycles. The van der Waals surface area contributed by atoms with E-state index in [4.69, 9.17) is 9.84 Å². The minimum Gasteiger partial charge on any atom is -0.481 e. The van der Waals surface area contributed by atoms with Gasteiger partial charge in [-0.2, -0.15) is 0 Å². The van der Waals surface area contributed by atoms with Gasteiger partial charge < -0.3 is 15.2 Å². The second-order valence-electron chi connectivity index (χ2n) is 8.91. The molecule has 0 unspecified atom stereocenters. The Kier molecular flexibility index (Phi) is 9.44. The third-order valence-electron chi connectivity index (χ3n) is 5.41. The molecule has 1 atom stereocenters. The lowest BCUT2D eigenvalue weighted by Gasteiger charge is -2.22. The first-order valence-electron chi connectivity index (χ1n) is 11.7. The summed E-state index contributed by atoms with van der Waals surface area (Å²) in [6.07, 6.45) is 1.28. The van der Waals surface area contributed by atoms with Crippen molar-refractivity contribution in [1.29, 1.82) is 0 Å². The molecule has 7 nitrogen and oxygen atoms in total. The largest absolute Gasteiger partial charge is 0.481 e. The number of aliphatic carboxylic acids is 1. The normalized spacial score (nSPS) is 11.8. The highest BCUT2D eigenvalue weighted by atomic mass is 19.1. The minimum absolute atomic E-state index is 0.0293. The fraction of sp³-hybridized carbons (Fsp3) is 0.333. The van der Waals surface area contributed by atoms with E-state index in [1.807, 2.05) is 12.1 Å². The molecule has 2 aromatic carbocycles. The van der Waals surface area contributed by atoms with Gasteiger partial charge in [-0.1, -0.05) is 13.8 Å². The van der Waals surface area contributed by atoms with Crippen molar-refractivity contribution in [2.75, 3.05) is 11.9 Å². The number of nitrogens with one attached hydrogen (secondary N) is 1. The Hall–Kier alpha value is -3.88. The lowest BCUT2D eigenvalue weighted by atomic mass is 10.0. The summed E-state index contributed by atoms with van der Waals surface area (Å²) in [7, 11) is 0. The van der Waals surface area contributed by atoms with Crippen molar-refractivity contribution in [1.82, 2.24) is 10.2 Å². The number of carboxylic acids is 1. The standard InChI is InChI=1S/C27H29F2N3O4/c1-17(2)14-21(30-20-9-6-18(7-10-20)25(33)4-3-5-27(34)35)16-36-26-13-12-24(31-32-26)22-11-8-19(28)15-23(22)29/h6-13,15,17,21,30H,3-5,14,16H2,1-2H3,(H,34,35)/t21-/m0/s1. The second-order valence-corrected chi connectivity index (χ2v) is 8.91. The zero-order valence-corrected chi connectivity index (χ0v) is 20.2. The molecule has 0 bridgehead atoms. The summed E-state index contributed by atoms with van der Waals surface area (Å²) >= 11 is 0. The van der Waals surface area contributed by atoms with Crippen molar-refractivity contribution in [3.63, 3.8) is 0 Å². The number of carboxylic acid groups (broad SMARTS) is 1. The maximum Gasteiger partial charge on any atom is 0.303 e. The van der Waals surface area contributed by atoms with Gasteiger partial charge in [0.25, 0.3) is 0 Å². The molecule has 0 fully saturated rings. The van der Waals surface area contributed by atoms with Crippen molar-refractivity contribution in [3.05, 3.63) is 71.8 Å². The smallest absolute Gasteiger partial charge is 0.303 e. The molecule has 1 heterocycles. The summed E-state index contributed by atoms with van der Waals surface area (Å²) in [5, 5.41) is 20.1. The molecule has 0 saturated carbocycles. The van der Waals surface area contributed by atoms with Crippen LogP contribution in [0.3, 0.4) is 0 Å². The van der Waals surface area contributed by atoms with E-state index < -0.39 is 17.6 Å². The van der Waals surface area contributed by atoms with E-state index in [9.17, 15) is 18.4 Å². The summed E-state index contributed by atoms with van der Waals surface area (Å²) in [6.45, 7) is 4.49. The highest BCUT2D eigenvalue weighted by Gasteiger charge is 2.15. The highest BCUT2D eigenvalue weighted by Crippen LogP contribution is 2.22. The second kappa shape index (κ2) is 12.7. The molecular weight excluding hydrogens is 468 g/mol. The molecule has 3 rings (SSSR count). The monoisotopic (exact) mass is 497 g/mol. The Morgan fingerprint density at radius 3 is 2.36 bits per heavy atom. The van der Waals surface area contributed by atoms with Crippen molar-refractivity contribution >= 4 is 17.4 Å². The minimum atomic E-state index is -0.913. The summed E-state index contributed by atoms with van der Waals surface area (Å²) in [5.41, 5.74) is 1.78. The van der Waals surface area contributed by atoms with Crippen molar-refractivity contribution < 1.29 is 28.2 Å². The van der Waals surface area contributed by atoms with Crippen LogP contribution in [-0.2, 0) is 4.79 Å². The quantitative estimate of drug-likeness (QED) is 0.289. The molecule has 36 heavy (non-hydrogen) atoms. The topological polar surface area (TPSA) is 101 Å². The van der Waals surface area contributed by atoms with E-state index in [0.717, 1.165) is 24.2 Å². The third kappa shape index (κ3) is 8.11. The van der Waals surface area contributed by atoms with Gasteiger partial charge in [-0.25, -0.2) is 8.78 Å². The maximum atomic E-state index is 14.0. The molecule has 0 aliphatic carbocycles. The Bertz CT molecular complexity index is 1170. The molecule has 0 amide bonds. The number of ether oxygens (including phenoxy) is 1. The molecule has 0 spiro atoms. The van der Waals surface area contributed by atoms with Crippen LogP contribution in [0.25, 0.3) is 11.3 Å². The van der Waals surface area contributed by atoms with E-state index in [1.165, 1.54) is 6.07 Å². The van der Waals surface area contributed by atoms with Crippen LogP contribution in [-0.4, -0.2) is 39.7 Å². The number of hydrogen-bond acceptors (Lipinski definition) is 6. The number of anilines is 1. The molecule has 0 radical (unpaired) electrons. The van der Waals surface area contributed by atoms with E-state index in [-0.39, 0.29) is 41.8 Å². The Labute approximate surface area is 208 Å². The van der Waals surface area contributed by atoms with Crippen LogP contribution in [0.2, 0.25) is 0 Å². The number of aromatic nitrogens is 2. The van der Waals surface area contributed by atoms with Gasteiger partial charge in [-0.05, 0) is 61.2 Å². The van der Waals surface area contributed by atoms with Crippen LogP contribution in [0.1, 0.15) is 49.9 Å².